The van der Waals surface area contributed by atoms with Crippen molar-refractivity contribution >= 4 is 31.1 Å². The van der Waals surface area contributed by atoms with Crippen molar-refractivity contribution in [2.75, 3.05) is 13.7 Å². The van der Waals surface area contributed by atoms with E-state index >= 15 is 0 Å². The van der Waals surface area contributed by atoms with Gasteiger partial charge in [-0.2, -0.15) is 5.10 Å². The summed E-state index contributed by atoms with van der Waals surface area (Å²) in [5.41, 5.74) is 6.61. The van der Waals surface area contributed by atoms with Crippen LogP contribution in [0.15, 0.2) is 66.7 Å². The van der Waals surface area contributed by atoms with Gasteiger partial charge in [-0.05, 0) is 59.5 Å². The maximum Gasteiger partial charge on any atom is 0.140 e. The molecule has 1 heterocycles. The monoisotopic (exact) mass is 470 g/mol. The Hall–Kier alpha value is -3.15. The lowest BCUT2D eigenvalue weighted by Gasteiger charge is -2.15. The Kier molecular flexibility index (Phi) is 7.34. The quantitative estimate of drug-likeness (QED) is 0.188. The summed E-state index contributed by atoms with van der Waals surface area (Å²) in [6.07, 6.45) is 4.21. The van der Waals surface area contributed by atoms with Gasteiger partial charge in [-0.15, -0.1) is 0 Å². The minimum Gasteiger partial charge on any atom is -0.496 e. The van der Waals surface area contributed by atoms with Crippen LogP contribution in [0.5, 0.6) is 5.75 Å². The number of hydrogen-bond donors (Lipinski definition) is 0. The van der Waals surface area contributed by atoms with Crippen molar-refractivity contribution in [3.05, 3.63) is 83.6 Å². The van der Waals surface area contributed by atoms with Gasteiger partial charge in [0, 0.05) is 20.1 Å². The molecule has 5 heteroatoms. The van der Waals surface area contributed by atoms with Crippen LogP contribution >= 0.6 is 0 Å². The van der Waals surface area contributed by atoms with Gasteiger partial charge in [-0.3, -0.25) is 0 Å². The molecular weight excluding hydrogens is 436 g/mol. The number of methoxy groups -OCH3 is 1. The van der Waals surface area contributed by atoms with Gasteiger partial charge in [0.25, 0.3) is 0 Å². The molecule has 4 rings (SSSR count). The van der Waals surface area contributed by atoms with Crippen molar-refractivity contribution < 1.29 is 9.47 Å². The molecule has 0 saturated heterocycles. The number of ether oxygens (including phenoxy) is 2. The number of nitrogens with zero attached hydrogens (tertiary/aromatic N) is 2. The maximum atomic E-state index is 6.04. The van der Waals surface area contributed by atoms with Crippen LogP contribution in [-0.2, 0) is 11.5 Å². The van der Waals surface area contributed by atoms with E-state index in [0.29, 0.717) is 6.73 Å². The third kappa shape index (κ3) is 5.66. The summed E-state index contributed by atoms with van der Waals surface area (Å²) in [6.45, 7) is 10.4. The molecule has 0 fully saturated rings. The molecule has 0 spiro atoms. The summed E-state index contributed by atoms with van der Waals surface area (Å²) < 4.78 is 13.6. The predicted octanol–water partition coefficient (Wildman–Crippen LogP) is 7.50. The first-order valence-corrected chi connectivity index (χ1v) is 15.5. The molecule has 176 valence electrons. The van der Waals surface area contributed by atoms with Gasteiger partial charge >= 0.3 is 0 Å². The van der Waals surface area contributed by atoms with Crippen molar-refractivity contribution in [2.45, 2.75) is 39.3 Å². The molecular formula is C29H34N2O2Si. The Balaban J connectivity index is 1.71. The molecule has 4 aromatic rings. The highest BCUT2D eigenvalue weighted by Crippen LogP contribution is 2.33. The Labute approximate surface area is 203 Å². The molecule has 34 heavy (non-hydrogen) atoms. The van der Waals surface area contributed by atoms with E-state index in [0.717, 1.165) is 51.7 Å². The number of benzene rings is 3. The van der Waals surface area contributed by atoms with Gasteiger partial charge in [0.1, 0.15) is 12.5 Å². The number of rotatable bonds is 9. The second-order valence-electron chi connectivity index (χ2n) is 9.84. The molecule has 0 aliphatic heterocycles. The van der Waals surface area contributed by atoms with Crippen molar-refractivity contribution in [3.63, 3.8) is 0 Å². The van der Waals surface area contributed by atoms with Crippen LogP contribution in [0.1, 0.15) is 16.8 Å². The van der Waals surface area contributed by atoms with Crippen LogP contribution in [0, 0.1) is 6.92 Å². The fourth-order valence-electron chi connectivity index (χ4n) is 4.01. The number of hydrogen-bond acceptors (Lipinski definition) is 3. The van der Waals surface area contributed by atoms with E-state index in [-0.39, 0.29) is 0 Å². The van der Waals surface area contributed by atoms with E-state index in [1.54, 1.807) is 7.11 Å². The fraction of sp³-hybridized carbons (Fsp3) is 0.276. The molecule has 0 atom stereocenters. The van der Waals surface area contributed by atoms with Gasteiger partial charge < -0.3 is 9.47 Å². The summed E-state index contributed by atoms with van der Waals surface area (Å²) in [4.78, 5) is 0. The van der Waals surface area contributed by atoms with Gasteiger partial charge in [0.05, 0.1) is 18.3 Å². The van der Waals surface area contributed by atoms with E-state index in [1.807, 2.05) is 35.0 Å². The van der Waals surface area contributed by atoms with Crippen molar-refractivity contribution in [1.82, 2.24) is 9.78 Å². The second-order valence-corrected chi connectivity index (χ2v) is 15.5. The molecule has 0 radical (unpaired) electrons. The second kappa shape index (κ2) is 10.4. The summed E-state index contributed by atoms with van der Waals surface area (Å²) in [6, 6.07) is 24.2. The lowest BCUT2D eigenvalue weighted by Crippen LogP contribution is -2.22. The smallest absolute Gasteiger partial charge is 0.140 e. The third-order valence-corrected chi connectivity index (χ3v) is 7.74. The normalized spacial score (nSPS) is 12.0. The Bertz CT molecular complexity index is 1290. The van der Waals surface area contributed by atoms with Gasteiger partial charge in [-0.1, -0.05) is 74.2 Å². The standard InChI is InChI=1S/C29H34N2O2Si/c1-22-25(12-9-13-29(22)32-2)24-15-17-28-26(20-24)27(16-14-23-10-7-6-8-11-23)30-31(28)21-33-18-19-34(3,4)5/h6-17,20H,18-19,21H2,1-5H3/b16-14+. The van der Waals surface area contributed by atoms with Crippen molar-refractivity contribution in [2.24, 2.45) is 0 Å². The fourth-order valence-corrected chi connectivity index (χ4v) is 4.77. The van der Waals surface area contributed by atoms with Crippen LogP contribution < -0.4 is 4.74 Å². The Morgan fingerprint density at radius 1 is 0.941 bits per heavy atom. The summed E-state index contributed by atoms with van der Waals surface area (Å²) >= 11 is 0. The Morgan fingerprint density at radius 2 is 1.74 bits per heavy atom. The predicted molar refractivity (Wildman–Crippen MR) is 146 cm³/mol. The summed E-state index contributed by atoms with van der Waals surface area (Å²) in [7, 11) is 0.588. The molecule has 0 saturated carbocycles. The van der Waals surface area contributed by atoms with Crippen LogP contribution in [0.2, 0.25) is 25.7 Å². The van der Waals surface area contributed by atoms with Gasteiger partial charge in [0.2, 0.25) is 0 Å². The van der Waals surface area contributed by atoms with Crippen LogP contribution in [0.25, 0.3) is 34.2 Å². The van der Waals surface area contributed by atoms with Gasteiger partial charge in [-0.25, -0.2) is 4.68 Å². The molecule has 0 N–H and O–H groups in total. The minimum atomic E-state index is -1.13. The molecule has 0 unspecified atom stereocenters. The zero-order chi connectivity index (χ0) is 24.1. The third-order valence-electron chi connectivity index (χ3n) is 6.04. The van der Waals surface area contributed by atoms with Crippen molar-refractivity contribution in [1.29, 1.82) is 0 Å². The van der Waals surface area contributed by atoms with Gasteiger partial charge in [0.15, 0.2) is 0 Å². The average molecular weight is 471 g/mol. The molecule has 3 aromatic carbocycles. The first-order valence-electron chi connectivity index (χ1n) is 11.8. The SMILES string of the molecule is COc1cccc(-c2ccc3c(c2)c(/C=C/c2ccccc2)nn3COCC[Si](C)(C)C)c1C. The largest absolute Gasteiger partial charge is 0.496 e. The molecule has 1 aromatic heterocycles. The van der Waals surface area contributed by atoms with Crippen LogP contribution in [-0.4, -0.2) is 31.6 Å². The van der Waals surface area contributed by atoms with E-state index < -0.39 is 8.07 Å². The average Bonchev–Trinajstić information content (AvgIpc) is 3.17. The highest BCUT2D eigenvalue weighted by molar-refractivity contribution is 6.76. The molecule has 0 amide bonds. The summed E-state index contributed by atoms with van der Waals surface area (Å²) in [5.74, 6) is 0.897. The lowest BCUT2D eigenvalue weighted by molar-refractivity contribution is 0.0816. The summed E-state index contributed by atoms with van der Waals surface area (Å²) in [5, 5.41) is 6.03. The molecule has 0 bridgehead atoms. The lowest BCUT2D eigenvalue weighted by atomic mass is 9.98. The van der Waals surface area contributed by atoms with E-state index in [1.165, 1.54) is 5.56 Å². The number of fused-ring (bicyclic) bond motifs is 1. The Morgan fingerprint density at radius 3 is 2.47 bits per heavy atom. The van der Waals surface area contributed by atoms with E-state index in [9.17, 15) is 0 Å². The first kappa shape index (κ1) is 24.0. The first-order chi connectivity index (χ1) is 16.4. The number of aromatic nitrogens is 2. The highest BCUT2D eigenvalue weighted by Gasteiger charge is 2.15. The van der Waals surface area contributed by atoms with Crippen LogP contribution in [0.4, 0.5) is 0 Å². The highest BCUT2D eigenvalue weighted by atomic mass is 28.3. The van der Waals surface area contributed by atoms with Crippen LogP contribution in [0.3, 0.4) is 0 Å². The zero-order valence-corrected chi connectivity index (χ0v) is 21.8. The molecule has 4 nitrogen and oxygen atoms in total. The topological polar surface area (TPSA) is 36.3 Å². The molecule has 0 aliphatic rings. The zero-order valence-electron chi connectivity index (χ0n) is 20.8. The minimum absolute atomic E-state index is 0.456. The maximum absolute atomic E-state index is 6.04. The van der Waals surface area contributed by atoms with E-state index in [4.69, 9.17) is 14.6 Å². The van der Waals surface area contributed by atoms with E-state index in [2.05, 4.69) is 75.1 Å². The molecule has 0 aliphatic carbocycles. The van der Waals surface area contributed by atoms with Crippen molar-refractivity contribution in [3.8, 4) is 16.9 Å².